The van der Waals surface area contributed by atoms with Gasteiger partial charge >= 0.3 is 17.4 Å². The first-order chi connectivity index (χ1) is 1.00. The zero-order chi connectivity index (χ0) is 2.00. The summed E-state index contributed by atoms with van der Waals surface area (Å²) in [6.07, 6.45) is 0. The first-order valence-electron chi connectivity index (χ1n) is 0.236. The monoisotopic (exact) mass is 116 g/mol. The summed E-state index contributed by atoms with van der Waals surface area (Å²) in [5.41, 5.74) is 3.25. The van der Waals surface area contributed by atoms with Gasteiger partial charge in [0.05, 0.1) is 0 Å². The minimum Gasteiger partial charge on any atom is -2.00 e. The van der Waals surface area contributed by atoms with Crippen molar-refractivity contribution in [2.45, 2.75) is 0 Å². The first kappa shape index (κ1) is 74.9. The molecule has 0 fully saturated rings. The second-order valence-corrected chi connectivity index (χ2v) is 0. The Morgan fingerprint density at radius 3 is 1.00 bits per heavy atom. The van der Waals surface area contributed by atoms with Crippen molar-refractivity contribution in [1.29, 1.82) is 0 Å². The van der Waals surface area contributed by atoms with Crippen LogP contribution >= 0.6 is 0 Å². The number of hydrogen-bond acceptors (Lipinski definition) is 1. The van der Waals surface area contributed by atoms with Crippen molar-refractivity contribution < 1.29 is 33.9 Å². The summed E-state index contributed by atoms with van der Waals surface area (Å²) in [5, 5.41) is 0. The summed E-state index contributed by atoms with van der Waals surface area (Å²) in [4.78, 5) is 7.75. The molecule has 0 heterocycles. The minimum absolute atomic E-state index is 0. The van der Waals surface area contributed by atoms with Crippen molar-refractivity contribution >= 4 is 0 Å². The molecule has 5 heavy (non-hydrogen) atoms. The number of rotatable bonds is 0. The van der Waals surface area contributed by atoms with E-state index in [4.69, 9.17) is 4.91 Å². The van der Waals surface area contributed by atoms with Crippen molar-refractivity contribution in [3.63, 3.8) is 0 Å². The van der Waals surface area contributed by atoms with Crippen LogP contribution in [0.1, 0.15) is 0 Å². The molecule has 0 rings (SSSR count). The van der Waals surface area contributed by atoms with Gasteiger partial charge in [0.1, 0.15) is 0 Å². The van der Waals surface area contributed by atoms with Gasteiger partial charge in [-0.25, -0.2) is 0 Å². The summed E-state index contributed by atoms with van der Waals surface area (Å²) in [5.74, 6) is 0. The fraction of sp³-hybridized carbons (Fsp3) is 0. The molecule has 0 aliphatic carbocycles. The van der Waals surface area contributed by atoms with Crippen LogP contribution in [0.4, 0.5) is 0 Å². The van der Waals surface area contributed by atoms with Crippen LogP contribution in [-0.2, 0) is 28.3 Å². The Bertz CT molecular complexity index is 6.85. The maximum Gasteiger partial charge on any atom is 3.00 e. The quantitative estimate of drug-likeness (QED) is 0.399. The molecule has 0 unspecified atom stereocenters. The predicted octanol–water partition coefficient (Wildman–Crippen LogP) is -1.73. The van der Waals surface area contributed by atoms with E-state index in [1.807, 2.05) is 0 Å². The van der Waals surface area contributed by atoms with Crippen molar-refractivity contribution in [2.75, 3.05) is 0 Å². The molecule has 31 valence electrons. The van der Waals surface area contributed by atoms with Crippen molar-refractivity contribution in [1.82, 2.24) is 0 Å². The van der Waals surface area contributed by atoms with E-state index in [1.165, 1.54) is 0 Å². The first-order valence-corrected chi connectivity index (χ1v) is 0.236. The molecular weight excluding hydrogens is 114 g/mol. The average molecular weight is 116 g/mol. The molecule has 1 radical (unpaired) electrons. The molecule has 0 aliphatic rings. The second-order valence-electron chi connectivity index (χ2n) is 0. The van der Waals surface area contributed by atoms with Crippen LogP contribution in [0.15, 0.2) is 0 Å². The van der Waals surface area contributed by atoms with E-state index >= 15 is 0 Å². The predicted molar refractivity (Wildman–Crippen MR) is 6.67 cm³/mol. The standard InChI is InChI=1S/Cr.H2NO.2O/c;1-2;;/h;1H2;;/q+3;+1;2*-2. The van der Waals surface area contributed by atoms with E-state index in [9.17, 15) is 0 Å². The van der Waals surface area contributed by atoms with E-state index in [-0.39, 0.29) is 28.3 Å². The van der Waals surface area contributed by atoms with Gasteiger partial charge in [-0.1, -0.05) is 0 Å². The smallest absolute Gasteiger partial charge is 2.00 e. The maximum absolute atomic E-state index is 7.75. The molecule has 4 nitrogen and oxygen atoms in total. The average Bonchev–Trinajstić information content (AvgIpc) is 1.00. The molecule has 0 saturated heterocycles. The van der Waals surface area contributed by atoms with Gasteiger partial charge in [-0.2, -0.15) is 0 Å². The normalized spacial score (nSPS) is 0.800. The van der Waals surface area contributed by atoms with E-state index in [0.717, 1.165) is 0 Å². The molecule has 0 aromatic rings. The van der Waals surface area contributed by atoms with Gasteiger partial charge in [0.2, 0.25) is 0 Å². The van der Waals surface area contributed by atoms with Gasteiger partial charge in [-0.15, -0.1) is 0 Å². The SMILES string of the molecule is [Cr+3].[NH2+]=O.[O-2].[O-2]. The fourth-order valence-corrected chi connectivity index (χ4v) is 0. The molecule has 0 spiro atoms. The summed E-state index contributed by atoms with van der Waals surface area (Å²) in [6.45, 7) is 0. The third-order valence-corrected chi connectivity index (χ3v) is 0. The Kier molecular flexibility index (Phi) is 205000. The topological polar surface area (TPSA) is 99.7 Å². The van der Waals surface area contributed by atoms with Gasteiger partial charge in [-0.05, 0) is 5.59 Å². The van der Waals surface area contributed by atoms with Gasteiger partial charge in [0.25, 0.3) is 0 Å². The molecule has 0 aromatic carbocycles. The third kappa shape index (κ3) is 6200. The summed E-state index contributed by atoms with van der Waals surface area (Å²) >= 11 is 0. The minimum atomic E-state index is 0. The van der Waals surface area contributed by atoms with Gasteiger partial charge in [0.15, 0.2) is 0 Å². The summed E-state index contributed by atoms with van der Waals surface area (Å²) in [7, 11) is 0. The Labute approximate surface area is 39.7 Å². The van der Waals surface area contributed by atoms with Crippen molar-refractivity contribution in [3.8, 4) is 0 Å². The van der Waals surface area contributed by atoms with Crippen LogP contribution in [0.25, 0.3) is 0 Å². The molecule has 0 aromatic heterocycles. The van der Waals surface area contributed by atoms with Crippen molar-refractivity contribution in [3.05, 3.63) is 4.91 Å². The largest absolute Gasteiger partial charge is 3.00 e. The third-order valence-electron chi connectivity index (χ3n) is 0. The van der Waals surface area contributed by atoms with Crippen molar-refractivity contribution in [2.24, 2.45) is 0 Å². The molecule has 5 heteroatoms. The molecule has 0 saturated carbocycles. The summed E-state index contributed by atoms with van der Waals surface area (Å²) in [6, 6.07) is 0. The molecule has 2 N–H and O–H groups in total. The van der Waals surface area contributed by atoms with E-state index in [0.29, 0.717) is 0 Å². The number of hydrogen-bond donors (Lipinski definition) is 1. The van der Waals surface area contributed by atoms with Gasteiger partial charge in [-0.3, -0.25) is 0 Å². The van der Waals surface area contributed by atoms with Crippen LogP contribution < -0.4 is 5.59 Å². The van der Waals surface area contributed by atoms with E-state index < -0.39 is 0 Å². The summed E-state index contributed by atoms with van der Waals surface area (Å²) < 4.78 is 0. The molecular formula is H2CrNO3. The Morgan fingerprint density at radius 2 is 1.00 bits per heavy atom. The Balaban J connectivity index is -0.00000000167. The number of nitrogens with two attached hydrogens (primary N) is 1. The van der Waals surface area contributed by atoms with Crippen LogP contribution in [0.2, 0.25) is 0 Å². The van der Waals surface area contributed by atoms with Crippen LogP contribution in [-0.4, -0.2) is 0 Å². The van der Waals surface area contributed by atoms with E-state index in [1.54, 1.807) is 0 Å². The second kappa shape index (κ2) is 13700. The molecule has 0 bridgehead atoms. The molecule has 0 amide bonds. The number of nitroso groups, excluding NO2 is 1. The Hall–Kier alpha value is 0.0525. The van der Waals surface area contributed by atoms with Crippen LogP contribution in [0.5, 0.6) is 0 Å². The van der Waals surface area contributed by atoms with Crippen LogP contribution in [0, 0.1) is 4.91 Å². The maximum atomic E-state index is 7.75. The zero-order valence-corrected chi connectivity index (χ0v) is 3.49. The zero-order valence-electron chi connectivity index (χ0n) is 2.21. The fourth-order valence-electron chi connectivity index (χ4n) is 0. The van der Waals surface area contributed by atoms with Gasteiger partial charge in [0, 0.05) is 4.91 Å². The molecule has 0 aliphatic heterocycles. The Morgan fingerprint density at radius 1 is 1.00 bits per heavy atom. The van der Waals surface area contributed by atoms with Gasteiger partial charge < -0.3 is 11.0 Å². The van der Waals surface area contributed by atoms with E-state index in [2.05, 4.69) is 5.59 Å². The van der Waals surface area contributed by atoms with Crippen LogP contribution in [0.3, 0.4) is 0 Å². The molecule has 0 atom stereocenters.